The van der Waals surface area contributed by atoms with Crippen molar-refractivity contribution in [1.82, 2.24) is 40.3 Å². The molecule has 4 aromatic heterocycles. The lowest BCUT2D eigenvalue weighted by molar-refractivity contribution is -0.137. The van der Waals surface area contributed by atoms with Gasteiger partial charge in [0.05, 0.1) is 28.0 Å². The van der Waals surface area contributed by atoms with Crippen molar-refractivity contribution in [2.45, 2.75) is 6.18 Å². The van der Waals surface area contributed by atoms with E-state index in [1.54, 1.807) is 54.0 Å². The molecule has 11 nitrogen and oxygen atoms in total. The molecule has 2 aliphatic heterocycles. The lowest BCUT2D eigenvalue weighted by atomic mass is 10.0. The number of pyridine rings is 2. The number of piperazine rings is 1. The number of hydrogen-bond donors (Lipinski definition) is 2. The molecule has 14 heteroatoms. The van der Waals surface area contributed by atoms with Gasteiger partial charge in [0.15, 0.2) is 0 Å². The zero-order valence-corrected chi connectivity index (χ0v) is 22.5. The van der Waals surface area contributed by atoms with Gasteiger partial charge in [0, 0.05) is 74.1 Å². The minimum atomic E-state index is -4.62. The zero-order chi connectivity index (χ0) is 29.7. The van der Waals surface area contributed by atoms with Gasteiger partial charge in [-0.05, 0) is 36.4 Å². The highest BCUT2D eigenvalue weighted by molar-refractivity contribution is 6.11. The molecule has 6 heterocycles. The van der Waals surface area contributed by atoms with Crippen LogP contribution in [-0.4, -0.2) is 61.8 Å². The molecule has 0 radical (unpaired) electrons. The molecule has 1 amide bonds. The van der Waals surface area contributed by atoms with Gasteiger partial charge in [-0.15, -0.1) is 0 Å². The van der Waals surface area contributed by atoms with Crippen LogP contribution in [0.3, 0.4) is 0 Å². The topological polar surface area (TPSA) is 117 Å². The Morgan fingerprint density at radius 3 is 2.49 bits per heavy atom. The summed E-state index contributed by atoms with van der Waals surface area (Å²) in [6.07, 6.45) is 3.28. The second-order valence-electron chi connectivity index (χ2n) is 9.98. The summed E-state index contributed by atoms with van der Waals surface area (Å²) >= 11 is 0. The maximum absolute atomic E-state index is 14.4. The molecule has 5 aromatic rings. The minimum absolute atomic E-state index is 0.0900. The van der Waals surface area contributed by atoms with Gasteiger partial charge in [-0.1, -0.05) is 6.58 Å². The molecule has 0 aliphatic carbocycles. The van der Waals surface area contributed by atoms with E-state index in [-0.39, 0.29) is 28.4 Å². The predicted molar refractivity (Wildman–Crippen MR) is 153 cm³/mol. The quantitative estimate of drug-likeness (QED) is 0.323. The number of aromatic nitrogens is 6. The van der Waals surface area contributed by atoms with Gasteiger partial charge in [-0.3, -0.25) is 14.7 Å². The normalized spacial score (nSPS) is 15.5. The fourth-order valence-electron chi connectivity index (χ4n) is 5.31. The van der Waals surface area contributed by atoms with Crippen LogP contribution in [0, 0.1) is 0 Å². The summed E-state index contributed by atoms with van der Waals surface area (Å²) in [5, 5.41) is 9.93. The summed E-state index contributed by atoms with van der Waals surface area (Å²) in [7, 11) is 0. The molecule has 43 heavy (non-hydrogen) atoms. The number of fused-ring (bicyclic) bond motifs is 3. The molecule has 0 atom stereocenters. The van der Waals surface area contributed by atoms with Crippen molar-refractivity contribution in [3.8, 4) is 17.2 Å². The van der Waals surface area contributed by atoms with Crippen LogP contribution in [0.1, 0.15) is 15.9 Å². The third kappa shape index (κ3) is 4.70. The zero-order valence-electron chi connectivity index (χ0n) is 22.5. The molecule has 1 fully saturated rings. The van der Waals surface area contributed by atoms with Crippen LogP contribution < -0.4 is 20.4 Å². The summed E-state index contributed by atoms with van der Waals surface area (Å²) in [4.78, 5) is 34.1. The van der Waals surface area contributed by atoms with Gasteiger partial charge < -0.3 is 15.5 Å². The molecule has 1 aromatic carbocycles. The van der Waals surface area contributed by atoms with Crippen LogP contribution in [-0.2, 0) is 6.18 Å². The summed E-state index contributed by atoms with van der Waals surface area (Å²) in [6.45, 7) is 6.05. The van der Waals surface area contributed by atoms with E-state index in [2.05, 4.69) is 37.3 Å². The molecule has 7 rings (SSSR count). The van der Waals surface area contributed by atoms with Crippen LogP contribution in [0.2, 0.25) is 0 Å². The Morgan fingerprint density at radius 1 is 0.977 bits per heavy atom. The molecule has 2 N–H and O–H groups in total. The first-order chi connectivity index (χ1) is 20.8. The minimum Gasteiger partial charge on any atom is -0.368 e. The number of amides is 1. The van der Waals surface area contributed by atoms with E-state index in [1.807, 2.05) is 0 Å². The Labute approximate surface area is 242 Å². The van der Waals surface area contributed by atoms with E-state index in [0.29, 0.717) is 54.4 Å². The van der Waals surface area contributed by atoms with Crippen molar-refractivity contribution in [2.24, 2.45) is 0 Å². The maximum atomic E-state index is 14.4. The van der Waals surface area contributed by atoms with E-state index in [9.17, 15) is 18.0 Å². The van der Waals surface area contributed by atoms with Crippen molar-refractivity contribution < 1.29 is 18.0 Å². The van der Waals surface area contributed by atoms with Crippen LogP contribution in [0.5, 0.6) is 0 Å². The van der Waals surface area contributed by atoms with E-state index in [1.165, 1.54) is 21.8 Å². The molecular formula is C29H23F3N10O. The Morgan fingerprint density at radius 2 is 1.77 bits per heavy atom. The molecule has 2 aliphatic rings. The summed E-state index contributed by atoms with van der Waals surface area (Å²) in [6, 6.07) is 9.36. The molecule has 0 saturated carbocycles. The van der Waals surface area contributed by atoms with Gasteiger partial charge in [0.2, 0.25) is 5.95 Å². The number of rotatable bonds is 4. The lowest BCUT2D eigenvalue weighted by Gasteiger charge is -2.35. The Hall–Kier alpha value is -5.37. The fraction of sp³-hybridized carbons (Fsp3) is 0.172. The number of nitrogens with zero attached hydrogens (tertiary/aromatic N) is 8. The van der Waals surface area contributed by atoms with E-state index in [4.69, 9.17) is 4.98 Å². The third-order valence-electron chi connectivity index (χ3n) is 7.33. The van der Waals surface area contributed by atoms with Crippen LogP contribution in [0.15, 0.2) is 79.8 Å². The van der Waals surface area contributed by atoms with Crippen molar-refractivity contribution >= 4 is 34.0 Å². The number of carbonyl (C=O) groups is 1. The maximum Gasteiger partial charge on any atom is 0.418 e. The van der Waals surface area contributed by atoms with Crippen LogP contribution in [0.25, 0.3) is 28.2 Å². The molecule has 0 spiro atoms. The Balaban J connectivity index is 1.36. The smallest absolute Gasteiger partial charge is 0.368 e. The largest absolute Gasteiger partial charge is 0.418 e. The van der Waals surface area contributed by atoms with E-state index < -0.39 is 17.6 Å². The average Bonchev–Trinajstić information content (AvgIpc) is 3.56. The number of halogens is 3. The van der Waals surface area contributed by atoms with Gasteiger partial charge in [0.1, 0.15) is 11.3 Å². The molecule has 1 saturated heterocycles. The first kappa shape index (κ1) is 26.5. The summed E-state index contributed by atoms with van der Waals surface area (Å²) < 4.78 is 44.8. The molecule has 216 valence electrons. The third-order valence-corrected chi connectivity index (χ3v) is 7.33. The highest BCUT2D eigenvalue weighted by Crippen LogP contribution is 2.44. The second-order valence-corrected chi connectivity index (χ2v) is 9.98. The predicted octanol–water partition coefficient (Wildman–Crippen LogP) is 4.05. The summed E-state index contributed by atoms with van der Waals surface area (Å²) in [5.41, 5.74) is 1.73. The van der Waals surface area contributed by atoms with Gasteiger partial charge in [-0.25, -0.2) is 19.6 Å². The van der Waals surface area contributed by atoms with Crippen LogP contribution in [0.4, 0.5) is 30.2 Å². The fourth-order valence-corrected chi connectivity index (χ4v) is 5.31. The van der Waals surface area contributed by atoms with Gasteiger partial charge >= 0.3 is 6.18 Å². The molecular weight excluding hydrogens is 561 g/mol. The Bertz CT molecular complexity index is 1870. The highest BCUT2D eigenvalue weighted by atomic mass is 19.4. The van der Waals surface area contributed by atoms with Crippen LogP contribution >= 0.6 is 0 Å². The number of anilines is 3. The first-order valence-electron chi connectivity index (χ1n) is 13.4. The van der Waals surface area contributed by atoms with Crippen molar-refractivity contribution in [2.75, 3.05) is 36.0 Å². The van der Waals surface area contributed by atoms with E-state index >= 15 is 0 Å². The Kier molecular flexibility index (Phi) is 6.27. The number of nitrogens with one attached hydrogen (secondary N) is 2. The number of alkyl halides is 3. The van der Waals surface area contributed by atoms with Crippen molar-refractivity contribution in [3.63, 3.8) is 0 Å². The average molecular weight is 585 g/mol. The van der Waals surface area contributed by atoms with Gasteiger partial charge in [0.25, 0.3) is 5.91 Å². The number of hydrogen-bond acceptors (Lipinski definition) is 9. The second kappa shape index (κ2) is 10.2. The number of carbonyl (C=O) groups excluding carboxylic acids is 1. The summed E-state index contributed by atoms with van der Waals surface area (Å²) in [5.74, 6) is -0.0251. The number of benzene rings is 1. The SMILES string of the molecule is C=C1NC(=O)c2cnc3ccc(-c4cnc(-n5cccn5)nc4)nc3c2N1c1ccc(N2CCNCC2)c(C(F)(F)F)c1. The van der Waals surface area contributed by atoms with Crippen molar-refractivity contribution in [3.05, 3.63) is 90.9 Å². The highest BCUT2D eigenvalue weighted by Gasteiger charge is 2.37. The standard InChI is InChI=1S/C29H23F3N10O/c1-17-38-27(43)20-16-34-23-5-4-22(18-14-35-28(36-15-18)41-10-2-7-37-41)39-25(23)26(20)42(17)19-3-6-24(21(13-19)29(30,31)32)40-11-8-33-9-12-40/h2-7,10,13-16,33H,1,8-9,11-12H2,(H,38,43). The monoisotopic (exact) mass is 584 g/mol. The molecule has 0 bridgehead atoms. The van der Waals surface area contributed by atoms with Gasteiger partial charge in [-0.2, -0.15) is 18.3 Å². The van der Waals surface area contributed by atoms with Crippen molar-refractivity contribution in [1.29, 1.82) is 0 Å². The molecule has 0 unspecified atom stereocenters. The lowest BCUT2D eigenvalue weighted by Crippen LogP contribution is -2.44. The van der Waals surface area contributed by atoms with E-state index in [0.717, 1.165) is 6.07 Å². The first-order valence-corrected chi connectivity index (χ1v) is 13.4.